The van der Waals surface area contributed by atoms with E-state index in [1.54, 1.807) is 0 Å². The fraction of sp³-hybridized carbons (Fsp3) is 0.720. The Morgan fingerprint density at radius 1 is 0.889 bits per heavy atom. The summed E-state index contributed by atoms with van der Waals surface area (Å²) in [5.74, 6) is -0.993. The molecule has 0 aliphatic rings. The van der Waals surface area contributed by atoms with Crippen LogP contribution in [-0.4, -0.2) is 55.9 Å². The number of nitro groups is 2. The van der Waals surface area contributed by atoms with Crippen molar-refractivity contribution in [2.45, 2.75) is 109 Å². The van der Waals surface area contributed by atoms with Crippen LogP contribution in [0.15, 0.2) is 18.2 Å². The largest absolute Gasteiger partial charge is 0.394 e. The molecule has 1 aromatic carbocycles. The first-order chi connectivity index (χ1) is 17.2. The number of aliphatic hydroxyl groups is 3. The van der Waals surface area contributed by atoms with Crippen LogP contribution in [0.5, 0.6) is 0 Å². The Labute approximate surface area is 212 Å². The van der Waals surface area contributed by atoms with Crippen molar-refractivity contribution < 1.29 is 30.0 Å². The number of aliphatic hydroxyl groups excluding tert-OH is 3. The number of carbonyl (C=O) groups excluding carboxylic acids is 1. The summed E-state index contributed by atoms with van der Waals surface area (Å²) in [4.78, 5) is 32.9. The number of non-ortho nitro benzene ring substituents is 1. The van der Waals surface area contributed by atoms with Gasteiger partial charge in [0.1, 0.15) is 11.7 Å². The Morgan fingerprint density at radius 3 is 1.89 bits per heavy atom. The summed E-state index contributed by atoms with van der Waals surface area (Å²) < 4.78 is 0. The van der Waals surface area contributed by atoms with Gasteiger partial charge in [0.25, 0.3) is 17.3 Å². The second-order valence-electron chi connectivity index (χ2n) is 9.21. The van der Waals surface area contributed by atoms with Crippen LogP contribution >= 0.6 is 0 Å². The van der Waals surface area contributed by atoms with Gasteiger partial charge in [0.2, 0.25) is 0 Å². The lowest BCUT2D eigenvalue weighted by Crippen LogP contribution is -2.50. The molecule has 0 saturated heterocycles. The molecule has 0 bridgehead atoms. The van der Waals surface area contributed by atoms with Crippen LogP contribution in [0.2, 0.25) is 0 Å². The Balaban J connectivity index is 2.42. The second kappa shape index (κ2) is 17.7. The predicted molar refractivity (Wildman–Crippen MR) is 136 cm³/mol. The molecular formula is C25H41N3O8. The second-order valence-corrected chi connectivity index (χ2v) is 9.21. The molecule has 0 radical (unpaired) electrons. The molecule has 1 rings (SSSR count). The fourth-order valence-corrected chi connectivity index (χ4v) is 4.10. The number of hydrogen-bond donors (Lipinski definition) is 4. The molecule has 3 atom stereocenters. The molecule has 4 N–H and O–H groups in total. The summed E-state index contributed by atoms with van der Waals surface area (Å²) in [7, 11) is 0. The maximum Gasteiger partial charge on any atom is 0.289 e. The highest BCUT2D eigenvalue weighted by atomic mass is 16.6. The van der Waals surface area contributed by atoms with E-state index < -0.39 is 57.5 Å². The minimum atomic E-state index is -1.48. The monoisotopic (exact) mass is 511 g/mol. The lowest BCUT2D eigenvalue weighted by atomic mass is 9.99. The summed E-state index contributed by atoms with van der Waals surface area (Å²) >= 11 is 0. The van der Waals surface area contributed by atoms with Gasteiger partial charge in [-0.15, -0.1) is 0 Å². The van der Waals surface area contributed by atoms with Gasteiger partial charge in [-0.2, -0.15) is 0 Å². The highest BCUT2D eigenvalue weighted by molar-refractivity contribution is 5.98. The number of amides is 1. The highest BCUT2D eigenvalue weighted by Gasteiger charge is 2.30. The van der Waals surface area contributed by atoms with Crippen molar-refractivity contribution in [2.75, 3.05) is 6.61 Å². The summed E-state index contributed by atoms with van der Waals surface area (Å²) in [6.45, 7) is 1.51. The van der Waals surface area contributed by atoms with Crippen LogP contribution in [-0.2, 0) is 0 Å². The number of nitro benzene ring substituents is 2. The van der Waals surface area contributed by atoms with E-state index >= 15 is 0 Å². The Kier molecular flexibility index (Phi) is 15.5. The first-order valence-corrected chi connectivity index (χ1v) is 12.9. The molecule has 204 valence electrons. The van der Waals surface area contributed by atoms with Crippen molar-refractivity contribution in [3.63, 3.8) is 0 Å². The van der Waals surface area contributed by atoms with Crippen molar-refractivity contribution in [3.8, 4) is 0 Å². The number of nitrogens with one attached hydrogen (secondary N) is 1. The number of carbonyl (C=O) groups is 1. The topological polar surface area (TPSA) is 176 Å². The van der Waals surface area contributed by atoms with Crippen molar-refractivity contribution in [2.24, 2.45) is 0 Å². The van der Waals surface area contributed by atoms with Gasteiger partial charge in [0.05, 0.1) is 34.7 Å². The van der Waals surface area contributed by atoms with Crippen LogP contribution < -0.4 is 5.32 Å². The van der Waals surface area contributed by atoms with E-state index in [1.165, 1.54) is 51.4 Å². The lowest BCUT2D eigenvalue weighted by Gasteiger charge is -2.26. The number of rotatable bonds is 20. The zero-order valence-electron chi connectivity index (χ0n) is 21.1. The van der Waals surface area contributed by atoms with Crippen LogP contribution in [0.4, 0.5) is 11.4 Å². The van der Waals surface area contributed by atoms with E-state index in [0.717, 1.165) is 31.4 Å². The summed E-state index contributed by atoms with van der Waals surface area (Å²) in [6.07, 6.45) is 11.5. The van der Waals surface area contributed by atoms with Crippen molar-refractivity contribution in [1.29, 1.82) is 0 Å². The number of benzene rings is 1. The molecule has 0 aliphatic carbocycles. The van der Waals surface area contributed by atoms with Gasteiger partial charge in [-0.25, -0.2) is 0 Å². The molecule has 1 amide bonds. The molecule has 0 spiro atoms. The normalized spacial score (nSPS) is 13.7. The van der Waals surface area contributed by atoms with E-state index in [9.17, 15) is 40.3 Å². The van der Waals surface area contributed by atoms with Crippen LogP contribution in [0.3, 0.4) is 0 Å². The molecule has 0 heterocycles. The van der Waals surface area contributed by atoms with E-state index in [4.69, 9.17) is 0 Å². The maximum atomic E-state index is 12.5. The third-order valence-corrected chi connectivity index (χ3v) is 6.31. The van der Waals surface area contributed by atoms with Crippen LogP contribution in [0.1, 0.15) is 101 Å². The summed E-state index contributed by atoms with van der Waals surface area (Å²) in [5, 5.41) is 54.7. The predicted octanol–water partition coefficient (Wildman–Crippen LogP) is 4.41. The third-order valence-electron chi connectivity index (χ3n) is 6.31. The maximum absolute atomic E-state index is 12.5. The SMILES string of the molecule is CCCCCCCCCCCCCCC(O)C(O)C(CO)NC(=O)c1ccc([N+](=O)[O-])cc1[N+](=O)[O-]. The van der Waals surface area contributed by atoms with Crippen LogP contribution in [0, 0.1) is 20.2 Å². The standard InChI is InChI=1S/C25H41N3O8/c1-2-3-4-5-6-7-8-9-10-11-12-13-14-23(30)24(31)21(18-29)26-25(32)20-16-15-19(27(33)34)17-22(20)28(35)36/h15-17,21,23-24,29-31H,2-14,18H2,1H3,(H,26,32). The Hall–Kier alpha value is -2.63. The Bertz CT molecular complexity index is 820. The molecule has 0 aromatic heterocycles. The minimum absolute atomic E-state index is 0.280. The van der Waals surface area contributed by atoms with Gasteiger partial charge in [-0.3, -0.25) is 25.0 Å². The smallest absolute Gasteiger partial charge is 0.289 e. The molecular weight excluding hydrogens is 470 g/mol. The lowest BCUT2D eigenvalue weighted by molar-refractivity contribution is -0.394. The molecule has 1 aromatic rings. The van der Waals surface area contributed by atoms with Crippen molar-refractivity contribution >= 4 is 17.3 Å². The third kappa shape index (κ3) is 11.4. The number of nitrogens with zero attached hydrogens (tertiary/aromatic N) is 2. The zero-order chi connectivity index (χ0) is 26.9. The number of hydrogen-bond acceptors (Lipinski definition) is 8. The van der Waals surface area contributed by atoms with E-state index in [-0.39, 0.29) is 6.42 Å². The number of unbranched alkanes of at least 4 members (excludes halogenated alkanes) is 11. The fourth-order valence-electron chi connectivity index (χ4n) is 4.10. The molecule has 0 saturated carbocycles. The quantitative estimate of drug-likeness (QED) is 0.113. The van der Waals surface area contributed by atoms with Gasteiger partial charge in [-0.1, -0.05) is 84.0 Å². The summed E-state index contributed by atoms with van der Waals surface area (Å²) in [5.41, 5.74) is -1.77. The van der Waals surface area contributed by atoms with Crippen molar-refractivity contribution in [3.05, 3.63) is 44.0 Å². The van der Waals surface area contributed by atoms with E-state index in [1.807, 2.05) is 0 Å². The average Bonchev–Trinajstić information content (AvgIpc) is 2.86. The average molecular weight is 512 g/mol. The van der Waals surface area contributed by atoms with Crippen molar-refractivity contribution in [1.82, 2.24) is 5.32 Å². The molecule has 3 unspecified atom stereocenters. The van der Waals surface area contributed by atoms with Gasteiger partial charge < -0.3 is 20.6 Å². The highest BCUT2D eigenvalue weighted by Crippen LogP contribution is 2.25. The molecule has 11 heteroatoms. The van der Waals surface area contributed by atoms with Gasteiger partial charge in [0.15, 0.2) is 0 Å². The Morgan fingerprint density at radius 2 is 1.42 bits per heavy atom. The van der Waals surface area contributed by atoms with Gasteiger partial charge in [-0.05, 0) is 12.5 Å². The van der Waals surface area contributed by atoms with E-state index in [0.29, 0.717) is 12.5 Å². The molecule has 0 fully saturated rings. The molecule has 36 heavy (non-hydrogen) atoms. The zero-order valence-corrected chi connectivity index (χ0v) is 21.1. The summed E-state index contributed by atoms with van der Waals surface area (Å²) in [6, 6.07) is 1.30. The molecule has 0 aliphatic heterocycles. The minimum Gasteiger partial charge on any atom is -0.394 e. The van der Waals surface area contributed by atoms with E-state index in [2.05, 4.69) is 12.2 Å². The van der Waals surface area contributed by atoms with Gasteiger partial charge >= 0.3 is 0 Å². The van der Waals surface area contributed by atoms with Gasteiger partial charge in [0, 0.05) is 6.07 Å². The first kappa shape index (κ1) is 31.4. The first-order valence-electron chi connectivity index (χ1n) is 12.9. The van der Waals surface area contributed by atoms with Crippen LogP contribution in [0.25, 0.3) is 0 Å². The molecule has 11 nitrogen and oxygen atoms in total.